The third kappa shape index (κ3) is 2.42. The van der Waals surface area contributed by atoms with Crippen molar-refractivity contribution in [1.82, 2.24) is 9.78 Å². The molecule has 1 N–H and O–H groups in total. The molecule has 2 rings (SSSR count). The van der Waals surface area contributed by atoms with Crippen LogP contribution in [0.25, 0.3) is 0 Å². The summed E-state index contributed by atoms with van der Waals surface area (Å²) >= 11 is 0. The number of carboxylic acids is 1. The molecule has 0 spiro atoms. The molecule has 0 atom stereocenters. The van der Waals surface area contributed by atoms with Gasteiger partial charge in [-0.25, -0.2) is 9.18 Å². The van der Waals surface area contributed by atoms with Gasteiger partial charge < -0.3 is 9.84 Å². The van der Waals surface area contributed by atoms with E-state index in [9.17, 15) is 9.18 Å². The van der Waals surface area contributed by atoms with Gasteiger partial charge in [0.25, 0.3) is 0 Å². The number of nitrogens with zero attached hydrogens (tertiary/aromatic N) is 2. The lowest BCUT2D eigenvalue weighted by Gasteiger charge is -2.07. The number of carboxylic acid groups (broad SMARTS) is 1. The van der Waals surface area contributed by atoms with Crippen molar-refractivity contribution in [2.75, 3.05) is 0 Å². The molecule has 1 aromatic carbocycles. The van der Waals surface area contributed by atoms with Crippen LogP contribution in [0.2, 0.25) is 0 Å². The van der Waals surface area contributed by atoms with E-state index < -0.39 is 11.8 Å². The second-order valence-electron chi connectivity index (χ2n) is 4.18. The molecule has 0 aliphatic rings. The van der Waals surface area contributed by atoms with E-state index in [-0.39, 0.29) is 11.3 Å². The van der Waals surface area contributed by atoms with Crippen molar-refractivity contribution in [2.24, 2.45) is 7.05 Å². The molecule has 0 radical (unpaired) electrons. The van der Waals surface area contributed by atoms with Crippen LogP contribution in [0.4, 0.5) is 4.39 Å². The first-order chi connectivity index (χ1) is 8.90. The Hall–Kier alpha value is -2.37. The third-order valence-corrected chi connectivity index (χ3v) is 2.83. The van der Waals surface area contributed by atoms with Crippen molar-refractivity contribution >= 4 is 5.97 Å². The van der Waals surface area contributed by atoms with Crippen LogP contribution in [-0.2, 0) is 7.05 Å². The molecular weight excluding hydrogens is 251 g/mol. The molecule has 5 nitrogen and oxygen atoms in total. The summed E-state index contributed by atoms with van der Waals surface area (Å²) in [5.41, 5.74) is 1.28. The molecule has 19 heavy (non-hydrogen) atoms. The highest BCUT2D eigenvalue weighted by Crippen LogP contribution is 2.30. The fourth-order valence-electron chi connectivity index (χ4n) is 1.73. The predicted octanol–water partition coefficient (Wildman–Crippen LogP) is 2.67. The first-order valence-electron chi connectivity index (χ1n) is 5.61. The van der Waals surface area contributed by atoms with Crippen LogP contribution >= 0.6 is 0 Å². The highest BCUT2D eigenvalue weighted by molar-refractivity contribution is 5.87. The SMILES string of the molecule is Cc1nn(C)c(C)c1Oc1ccc(C(=O)O)cc1F. The van der Waals surface area contributed by atoms with Gasteiger partial charge in [0.1, 0.15) is 5.69 Å². The van der Waals surface area contributed by atoms with Crippen LogP contribution in [0, 0.1) is 19.7 Å². The first-order valence-corrected chi connectivity index (χ1v) is 5.61. The number of rotatable bonds is 3. The van der Waals surface area contributed by atoms with Crippen molar-refractivity contribution in [1.29, 1.82) is 0 Å². The van der Waals surface area contributed by atoms with E-state index >= 15 is 0 Å². The van der Waals surface area contributed by atoms with E-state index in [0.29, 0.717) is 11.4 Å². The Labute approximate surface area is 109 Å². The van der Waals surface area contributed by atoms with Crippen molar-refractivity contribution in [3.8, 4) is 11.5 Å². The summed E-state index contributed by atoms with van der Waals surface area (Å²) in [6.07, 6.45) is 0. The quantitative estimate of drug-likeness (QED) is 0.925. The van der Waals surface area contributed by atoms with Gasteiger partial charge in [0, 0.05) is 7.05 Å². The van der Waals surface area contributed by atoms with Gasteiger partial charge in [-0.15, -0.1) is 0 Å². The Bertz CT molecular complexity index is 650. The molecule has 0 unspecified atom stereocenters. The molecule has 0 fully saturated rings. The van der Waals surface area contributed by atoms with Gasteiger partial charge in [0.15, 0.2) is 17.3 Å². The summed E-state index contributed by atoms with van der Waals surface area (Å²) in [4.78, 5) is 10.7. The Morgan fingerprint density at radius 2 is 2.11 bits per heavy atom. The topological polar surface area (TPSA) is 64.4 Å². The predicted molar refractivity (Wildman–Crippen MR) is 66.1 cm³/mol. The number of aromatic carboxylic acids is 1. The number of carbonyl (C=O) groups is 1. The number of ether oxygens (including phenoxy) is 1. The maximum atomic E-state index is 13.8. The lowest BCUT2D eigenvalue weighted by molar-refractivity contribution is 0.0696. The Kier molecular flexibility index (Phi) is 3.25. The summed E-state index contributed by atoms with van der Waals surface area (Å²) in [6.45, 7) is 3.56. The molecule has 1 heterocycles. The zero-order valence-electron chi connectivity index (χ0n) is 10.8. The van der Waals surface area contributed by atoms with Crippen molar-refractivity contribution in [3.05, 3.63) is 41.0 Å². The summed E-state index contributed by atoms with van der Waals surface area (Å²) < 4.78 is 20.9. The van der Waals surface area contributed by atoms with Crippen LogP contribution in [0.1, 0.15) is 21.7 Å². The van der Waals surface area contributed by atoms with Crippen molar-refractivity contribution in [2.45, 2.75) is 13.8 Å². The lowest BCUT2D eigenvalue weighted by Crippen LogP contribution is -1.98. The normalized spacial score (nSPS) is 10.5. The van der Waals surface area contributed by atoms with Crippen LogP contribution in [0.15, 0.2) is 18.2 Å². The summed E-state index contributed by atoms with van der Waals surface area (Å²) in [6, 6.07) is 3.52. The Morgan fingerprint density at radius 3 is 2.58 bits per heavy atom. The number of aromatic nitrogens is 2. The molecule has 1 aromatic heterocycles. The molecule has 100 valence electrons. The summed E-state index contributed by atoms with van der Waals surface area (Å²) in [7, 11) is 1.76. The standard InChI is InChI=1S/C13H13FN2O3/c1-7-12(8(2)16(3)15-7)19-11-5-4-9(13(17)18)6-10(11)14/h4-6H,1-3H3,(H,17,18). The summed E-state index contributed by atoms with van der Waals surface area (Å²) in [5.74, 6) is -1.45. The van der Waals surface area contributed by atoms with Gasteiger partial charge in [-0.05, 0) is 32.0 Å². The minimum absolute atomic E-state index is 0.0239. The average molecular weight is 264 g/mol. The van der Waals surface area contributed by atoms with E-state index in [2.05, 4.69) is 5.10 Å². The number of aryl methyl sites for hydroxylation is 2. The van der Waals surface area contributed by atoms with E-state index in [0.717, 1.165) is 11.8 Å². The van der Waals surface area contributed by atoms with Gasteiger partial charge in [-0.1, -0.05) is 0 Å². The largest absolute Gasteiger partial charge is 0.478 e. The molecule has 0 aliphatic heterocycles. The van der Waals surface area contributed by atoms with Gasteiger partial charge in [-0.2, -0.15) is 5.10 Å². The first kappa shape index (κ1) is 13.1. The monoisotopic (exact) mass is 264 g/mol. The van der Waals surface area contributed by atoms with Gasteiger partial charge in [0.05, 0.1) is 11.3 Å². The van der Waals surface area contributed by atoms with E-state index in [4.69, 9.17) is 9.84 Å². The van der Waals surface area contributed by atoms with Crippen LogP contribution in [0.3, 0.4) is 0 Å². The molecule has 0 aliphatic carbocycles. The minimum Gasteiger partial charge on any atom is -0.478 e. The smallest absolute Gasteiger partial charge is 0.335 e. The molecular formula is C13H13FN2O3. The molecule has 2 aromatic rings. The number of benzene rings is 1. The second-order valence-corrected chi connectivity index (χ2v) is 4.18. The van der Waals surface area contributed by atoms with Gasteiger partial charge in [0.2, 0.25) is 0 Å². The van der Waals surface area contributed by atoms with Crippen LogP contribution in [-0.4, -0.2) is 20.9 Å². The Balaban J connectivity index is 2.36. The number of hydrogen-bond donors (Lipinski definition) is 1. The molecule has 0 saturated heterocycles. The van der Waals surface area contributed by atoms with Crippen molar-refractivity contribution in [3.63, 3.8) is 0 Å². The highest BCUT2D eigenvalue weighted by atomic mass is 19.1. The molecule has 6 heteroatoms. The fraction of sp³-hybridized carbons (Fsp3) is 0.231. The van der Waals surface area contributed by atoms with E-state index in [1.165, 1.54) is 12.1 Å². The number of halogens is 1. The fourth-order valence-corrected chi connectivity index (χ4v) is 1.73. The minimum atomic E-state index is -1.18. The molecule has 0 amide bonds. The van der Waals surface area contributed by atoms with E-state index in [1.807, 2.05) is 0 Å². The van der Waals surface area contributed by atoms with Crippen LogP contribution < -0.4 is 4.74 Å². The number of hydrogen-bond acceptors (Lipinski definition) is 3. The third-order valence-electron chi connectivity index (χ3n) is 2.83. The maximum Gasteiger partial charge on any atom is 0.335 e. The van der Waals surface area contributed by atoms with E-state index in [1.54, 1.807) is 25.6 Å². The maximum absolute atomic E-state index is 13.8. The summed E-state index contributed by atoms with van der Waals surface area (Å²) in [5, 5.41) is 12.9. The Morgan fingerprint density at radius 1 is 1.42 bits per heavy atom. The average Bonchev–Trinajstić information content (AvgIpc) is 2.58. The lowest BCUT2D eigenvalue weighted by atomic mass is 10.2. The zero-order chi connectivity index (χ0) is 14.2. The highest BCUT2D eigenvalue weighted by Gasteiger charge is 2.15. The van der Waals surface area contributed by atoms with Crippen molar-refractivity contribution < 1.29 is 19.0 Å². The molecule has 0 bridgehead atoms. The van der Waals surface area contributed by atoms with Gasteiger partial charge in [-0.3, -0.25) is 4.68 Å². The van der Waals surface area contributed by atoms with Gasteiger partial charge >= 0.3 is 5.97 Å². The van der Waals surface area contributed by atoms with Crippen LogP contribution in [0.5, 0.6) is 11.5 Å². The second kappa shape index (κ2) is 4.72. The zero-order valence-corrected chi connectivity index (χ0v) is 10.8. The molecule has 0 saturated carbocycles.